The van der Waals surface area contributed by atoms with E-state index in [9.17, 15) is 13.2 Å². The third-order valence-corrected chi connectivity index (χ3v) is 6.58. The Balaban J connectivity index is 1.55. The van der Waals surface area contributed by atoms with Crippen LogP contribution >= 0.6 is 11.6 Å². The lowest BCUT2D eigenvalue weighted by atomic mass is 10.2. The molecule has 1 aromatic heterocycles. The Labute approximate surface area is 196 Å². The van der Waals surface area contributed by atoms with E-state index in [0.717, 1.165) is 5.56 Å². The van der Waals surface area contributed by atoms with Gasteiger partial charge in [0.1, 0.15) is 0 Å². The second kappa shape index (κ2) is 9.09. The number of hydrogen-bond acceptors (Lipinski definition) is 4. The first-order chi connectivity index (χ1) is 15.7. The van der Waals surface area contributed by atoms with Gasteiger partial charge in [-0.1, -0.05) is 29.8 Å². The van der Waals surface area contributed by atoms with Gasteiger partial charge in [0.25, 0.3) is 15.6 Å². The highest BCUT2D eigenvalue weighted by atomic mass is 35.5. The molecule has 0 atom stereocenters. The van der Waals surface area contributed by atoms with Crippen LogP contribution in [0.5, 0.6) is 0 Å². The summed E-state index contributed by atoms with van der Waals surface area (Å²) in [5.41, 5.74) is 3.35. The average Bonchev–Trinajstić information content (AvgIpc) is 3.05. The number of benzene rings is 3. The van der Waals surface area contributed by atoms with E-state index in [1.54, 1.807) is 61.5 Å². The molecule has 0 aliphatic carbocycles. The van der Waals surface area contributed by atoms with Crippen LogP contribution in [0, 0.1) is 13.8 Å². The van der Waals surface area contributed by atoms with Gasteiger partial charge in [-0.2, -0.15) is 0 Å². The molecular formula is C24H21ClN4O3S. The van der Waals surface area contributed by atoms with Crippen molar-refractivity contribution in [3.8, 4) is 5.69 Å². The lowest BCUT2D eigenvalue weighted by molar-refractivity contribution is 0.601. The number of aryl methyl sites for hydroxylation is 2. The fraction of sp³-hybridized carbons (Fsp3) is 0.0833. The maximum absolute atomic E-state index is 12.8. The van der Waals surface area contributed by atoms with Gasteiger partial charge in [0, 0.05) is 22.6 Å². The van der Waals surface area contributed by atoms with E-state index in [-0.39, 0.29) is 10.5 Å². The molecule has 3 aromatic carbocycles. The first kappa shape index (κ1) is 22.6. The summed E-state index contributed by atoms with van der Waals surface area (Å²) in [6.45, 7) is 3.66. The summed E-state index contributed by atoms with van der Waals surface area (Å²) < 4.78 is 29.3. The molecule has 7 nitrogen and oxygen atoms in total. The smallest absolute Gasteiger partial charge is 0.280 e. The molecule has 0 amide bonds. The van der Waals surface area contributed by atoms with Gasteiger partial charge in [-0.15, -0.1) is 0 Å². The van der Waals surface area contributed by atoms with E-state index in [0.29, 0.717) is 33.3 Å². The molecule has 0 unspecified atom stereocenters. The number of nitrogens with zero attached hydrogens (tertiary/aromatic N) is 2. The van der Waals surface area contributed by atoms with Crippen molar-refractivity contribution < 1.29 is 8.42 Å². The number of rotatable bonds is 6. The lowest BCUT2D eigenvalue weighted by Gasteiger charge is -2.08. The van der Waals surface area contributed by atoms with Crippen LogP contribution in [0.25, 0.3) is 5.69 Å². The second-order valence-corrected chi connectivity index (χ2v) is 9.62. The number of H-pyrrole nitrogens is 1. The van der Waals surface area contributed by atoms with Crippen molar-refractivity contribution in [2.24, 2.45) is 4.99 Å². The van der Waals surface area contributed by atoms with E-state index in [1.807, 2.05) is 13.0 Å². The molecule has 33 heavy (non-hydrogen) atoms. The standard InChI is InChI=1S/C24H21ClN4O3S/c1-16-5-3-7-20(13-16)28-33(31,32)22-11-9-19(10-12-22)26-15-23-17(2)27-29(24(23)30)21-8-4-6-18(25)14-21/h3-15,27-28H,1-2H3. The van der Waals surface area contributed by atoms with E-state index in [1.165, 1.54) is 23.0 Å². The number of hydrogen-bond donors (Lipinski definition) is 2. The Bertz CT molecular complexity index is 1500. The SMILES string of the molecule is Cc1cccc(NS(=O)(=O)c2ccc(N=Cc3c(C)[nH]n(-c4cccc(Cl)c4)c3=O)cc2)c1. The largest absolute Gasteiger partial charge is 0.295 e. The van der Waals surface area contributed by atoms with Gasteiger partial charge in [-0.25, -0.2) is 13.1 Å². The van der Waals surface area contributed by atoms with Crippen LogP contribution in [0.2, 0.25) is 5.02 Å². The van der Waals surface area contributed by atoms with Crippen LogP contribution in [0.1, 0.15) is 16.8 Å². The maximum Gasteiger partial charge on any atom is 0.280 e. The van der Waals surface area contributed by atoms with E-state index in [2.05, 4.69) is 14.8 Å². The van der Waals surface area contributed by atoms with Crippen LogP contribution in [-0.4, -0.2) is 24.4 Å². The van der Waals surface area contributed by atoms with Gasteiger partial charge >= 0.3 is 0 Å². The predicted molar refractivity (Wildman–Crippen MR) is 132 cm³/mol. The van der Waals surface area contributed by atoms with Crippen molar-refractivity contribution in [2.45, 2.75) is 18.7 Å². The topological polar surface area (TPSA) is 96.3 Å². The van der Waals surface area contributed by atoms with Crippen molar-refractivity contribution in [3.05, 3.63) is 105 Å². The summed E-state index contributed by atoms with van der Waals surface area (Å²) in [5.74, 6) is 0. The van der Waals surface area contributed by atoms with Gasteiger partial charge < -0.3 is 0 Å². The number of anilines is 1. The van der Waals surface area contributed by atoms with Gasteiger partial charge in [0.15, 0.2) is 0 Å². The zero-order chi connectivity index (χ0) is 23.6. The molecule has 0 aliphatic rings. The molecule has 0 spiro atoms. The molecule has 0 fully saturated rings. The highest BCUT2D eigenvalue weighted by Gasteiger charge is 2.14. The Morgan fingerprint density at radius 2 is 1.73 bits per heavy atom. The molecule has 168 valence electrons. The molecular weight excluding hydrogens is 460 g/mol. The summed E-state index contributed by atoms with van der Waals surface area (Å²) in [5, 5.41) is 3.54. The van der Waals surface area contributed by atoms with Gasteiger partial charge in [-0.05, 0) is 74.0 Å². The number of aromatic nitrogens is 2. The van der Waals surface area contributed by atoms with Gasteiger partial charge in [-0.3, -0.25) is 19.6 Å². The molecule has 0 saturated carbocycles. The molecule has 9 heteroatoms. The maximum atomic E-state index is 12.8. The molecule has 4 aromatic rings. The third-order valence-electron chi connectivity index (χ3n) is 4.94. The summed E-state index contributed by atoms with van der Waals surface area (Å²) in [6.07, 6.45) is 1.46. The summed E-state index contributed by atoms with van der Waals surface area (Å²) >= 11 is 6.03. The number of sulfonamides is 1. The average molecular weight is 481 g/mol. The second-order valence-electron chi connectivity index (χ2n) is 7.50. The van der Waals surface area contributed by atoms with Crippen molar-refractivity contribution in [1.82, 2.24) is 9.78 Å². The van der Waals surface area contributed by atoms with Crippen LogP contribution < -0.4 is 10.3 Å². The van der Waals surface area contributed by atoms with Crippen LogP contribution in [0.3, 0.4) is 0 Å². The number of halogens is 1. The summed E-state index contributed by atoms with van der Waals surface area (Å²) in [7, 11) is -3.73. The zero-order valence-corrected chi connectivity index (χ0v) is 19.5. The number of aromatic amines is 1. The van der Waals surface area contributed by atoms with Gasteiger partial charge in [0.05, 0.1) is 21.8 Å². The number of aliphatic imine (C=N–C) groups is 1. The Kier molecular flexibility index (Phi) is 6.22. The van der Waals surface area contributed by atoms with E-state index >= 15 is 0 Å². The van der Waals surface area contributed by atoms with E-state index in [4.69, 9.17) is 11.6 Å². The monoisotopic (exact) mass is 480 g/mol. The minimum atomic E-state index is -3.73. The molecule has 1 heterocycles. The molecule has 2 N–H and O–H groups in total. The summed E-state index contributed by atoms with van der Waals surface area (Å²) in [4.78, 5) is 17.3. The quantitative estimate of drug-likeness (QED) is 0.380. The zero-order valence-electron chi connectivity index (χ0n) is 17.9. The Morgan fingerprint density at radius 1 is 1.00 bits per heavy atom. The Hall–Kier alpha value is -3.62. The van der Waals surface area contributed by atoms with Crippen molar-refractivity contribution in [2.75, 3.05) is 4.72 Å². The minimum absolute atomic E-state index is 0.115. The first-order valence-electron chi connectivity index (χ1n) is 10.0. The molecule has 0 saturated heterocycles. The normalized spacial score (nSPS) is 11.7. The summed E-state index contributed by atoms with van der Waals surface area (Å²) in [6, 6.07) is 20.2. The molecule has 0 aliphatic heterocycles. The van der Waals surface area contributed by atoms with Crippen molar-refractivity contribution in [1.29, 1.82) is 0 Å². The minimum Gasteiger partial charge on any atom is -0.295 e. The van der Waals surface area contributed by atoms with Crippen LogP contribution in [0.4, 0.5) is 11.4 Å². The highest BCUT2D eigenvalue weighted by molar-refractivity contribution is 7.92. The fourth-order valence-corrected chi connectivity index (χ4v) is 4.52. The van der Waals surface area contributed by atoms with Crippen molar-refractivity contribution >= 4 is 39.2 Å². The molecule has 0 radical (unpaired) electrons. The Morgan fingerprint density at radius 3 is 2.42 bits per heavy atom. The molecule has 4 rings (SSSR count). The first-order valence-corrected chi connectivity index (χ1v) is 11.9. The number of nitrogens with one attached hydrogen (secondary N) is 2. The van der Waals surface area contributed by atoms with Crippen LogP contribution in [-0.2, 0) is 10.0 Å². The predicted octanol–water partition coefficient (Wildman–Crippen LogP) is 4.99. The lowest BCUT2D eigenvalue weighted by Crippen LogP contribution is -2.17. The third kappa shape index (κ3) is 5.08. The fourth-order valence-electron chi connectivity index (χ4n) is 3.28. The highest BCUT2D eigenvalue weighted by Crippen LogP contribution is 2.20. The van der Waals surface area contributed by atoms with E-state index < -0.39 is 10.0 Å². The van der Waals surface area contributed by atoms with Crippen molar-refractivity contribution in [3.63, 3.8) is 0 Å². The van der Waals surface area contributed by atoms with Crippen LogP contribution in [0.15, 0.2) is 87.5 Å². The molecule has 0 bridgehead atoms. The van der Waals surface area contributed by atoms with Gasteiger partial charge in [0.2, 0.25) is 0 Å².